The van der Waals surface area contributed by atoms with Gasteiger partial charge < -0.3 is 19.3 Å². The Morgan fingerprint density at radius 1 is 1.33 bits per heavy atom. The topological polar surface area (TPSA) is 75.6 Å². The number of hydrogen-bond acceptors (Lipinski definition) is 4. The molecule has 2 aromatic heterocycles. The molecule has 0 saturated heterocycles. The summed E-state index contributed by atoms with van der Waals surface area (Å²) in [5, 5.41) is 13.8. The van der Waals surface area contributed by atoms with Crippen LogP contribution in [0.3, 0.4) is 0 Å². The van der Waals surface area contributed by atoms with Gasteiger partial charge in [0.2, 0.25) is 5.91 Å². The molecule has 0 aliphatic heterocycles. The number of furan rings is 2. The number of rotatable bonds is 5. The predicted octanol–water partition coefficient (Wildman–Crippen LogP) is 2.41. The van der Waals surface area contributed by atoms with E-state index in [-0.39, 0.29) is 18.4 Å². The van der Waals surface area contributed by atoms with Gasteiger partial charge >= 0.3 is 0 Å². The summed E-state index contributed by atoms with van der Waals surface area (Å²) >= 11 is 0. The molecule has 1 atom stereocenters. The average Bonchev–Trinajstić information content (AvgIpc) is 3.27. The summed E-state index contributed by atoms with van der Waals surface area (Å²) in [5.74, 6) is 0.451. The van der Waals surface area contributed by atoms with Gasteiger partial charge in [0.25, 0.3) is 0 Å². The minimum absolute atomic E-state index is 0.000904. The zero-order chi connectivity index (χ0) is 14.7. The van der Waals surface area contributed by atoms with Crippen LogP contribution in [0.4, 0.5) is 0 Å². The minimum Gasteiger partial charge on any atom is -0.472 e. The van der Waals surface area contributed by atoms with Gasteiger partial charge in [-0.15, -0.1) is 0 Å². The van der Waals surface area contributed by atoms with Crippen LogP contribution in [0.1, 0.15) is 37.0 Å². The van der Waals surface area contributed by atoms with E-state index in [0.29, 0.717) is 11.3 Å². The zero-order valence-corrected chi connectivity index (χ0v) is 11.7. The van der Waals surface area contributed by atoms with Crippen molar-refractivity contribution in [1.82, 2.24) is 5.32 Å². The van der Waals surface area contributed by atoms with Crippen LogP contribution in [-0.4, -0.2) is 17.6 Å². The summed E-state index contributed by atoms with van der Waals surface area (Å²) in [6, 6.07) is 5.07. The second-order valence-corrected chi connectivity index (χ2v) is 5.55. The highest BCUT2D eigenvalue weighted by molar-refractivity contribution is 5.79. The van der Waals surface area contributed by atoms with Crippen molar-refractivity contribution < 1.29 is 18.7 Å². The van der Waals surface area contributed by atoms with Crippen LogP contribution in [0, 0.1) is 5.92 Å². The summed E-state index contributed by atoms with van der Waals surface area (Å²) in [5.41, 5.74) is -0.853. The number of amides is 1. The van der Waals surface area contributed by atoms with E-state index in [9.17, 15) is 9.90 Å². The van der Waals surface area contributed by atoms with E-state index in [1.807, 2.05) is 0 Å². The largest absolute Gasteiger partial charge is 0.472 e. The Balaban J connectivity index is 1.76. The SMILES string of the molecule is O=C(NCC(O)(c1ccoc1)c1ccco1)C1CCCC1. The van der Waals surface area contributed by atoms with Crippen LogP contribution in [0.25, 0.3) is 0 Å². The lowest BCUT2D eigenvalue weighted by atomic mass is 9.93. The van der Waals surface area contributed by atoms with E-state index in [1.54, 1.807) is 18.2 Å². The maximum atomic E-state index is 12.2. The molecule has 1 unspecified atom stereocenters. The third-order valence-electron chi connectivity index (χ3n) is 4.17. The molecule has 0 aromatic carbocycles. The molecule has 2 heterocycles. The molecule has 0 spiro atoms. The first-order valence-electron chi connectivity index (χ1n) is 7.27. The predicted molar refractivity (Wildman–Crippen MR) is 75.4 cm³/mol. The molecule has 1 aliphatic rings. The number of aliphatic hydroxyl groups is 1. The lowest BCUT2D eigenvalue weighted by Gasteiger charge is -2.26. The molecule has 3 rings (SSSR count). The first-order valence-corrected chi connectivity index (χ1v) is 7.27. The number of carbonyl (C=O) groups is 1. The van der Waals surface area contributed by atoms with Crippen molar-refractivity contribution in [2.24, 2.45) is 5.92 Å². The lowest BCUT2D eigenvalue weighted by molar-refractivity contribution is -0.125. The monoisotopic (exact) mass is 289 g/mol. The Labute approximate surface area is 122 Å². The van der Waals surface area contributed by atoms with Crippen LogP contribution in [-0.2, 0) is 10.4 Å². The summed E-state index contributed by atoms with van der Waals surface area (Å²) in [4.78, 5) is 12.2. The smallest absolute Gasteiger partial charge is 0.223 e. The molecule has 21 heavy (non-hydrogen) atoms. The van der Waals surface area contributed by atoms with Crippen LogP contribution in [0.2, 0.25) is 0 Å². The van der Waals surface area contributed by atoms with Crippen molar-refractivity contribution in [3.8, 4) is 0 Å². The summed E-state index contributed by atoms with van der Waals surface area (Å²) < 4.78 is 10.4. The molecule has 1 fully saturated rings. The van der Waals surface area contributed by atoms with E-state index >= 15 is 0 Å². The second kappa shape index (κ2) is 5.77. The van der Waals surface area contributed by atoms with Crippen LogP contribution < -0.4 is 5.32 Å². The number of hydrogen-bond donors (Lipinski definition) is 2. The highest BCUT2D eigenvalue weighted by Gasteiger charge is 2.36. The highest BCUT2D eigenvalue weighted by Crippen LogP contribution is 2.30. The van der Waals surface area contributed by atoms with Gasteiger partial charge in [0.05, 0.1) is 25.3 Å². The average molecular weight is 289 g/mol. The molecule has 112 valence electrons. The summed E-state index contributed by atoms with van der Waals surface area (Å²) in [6.45, 7) is 0.0649. The van der Waals surface area contributed by atoms with Gasteiger partial charge in [0.1, 0.15) is 5.76 Å². The zero-order valence-electron chi connectivity index (χ0n) is 11.7. The van der Waals surface area contributed by atoms with Gasteiger partial charge in [-0.1, -0.05) is 12.8 Å². The Hall–Kier alpha value is -2.01. The fourth-order valence-electron chi connectivity index (χ4n) is 2.89. The minimum atomic E-state index is -1.41. The maximum absolute atomic E-state index is 12.2. The molecule has 1 aliphatic carbocycles. The molecule has 5 nitrogen and oxygen atoms in total. The van der Waals surface area contributed by atoms with Crippen molar-refractivity contribution >= 4 is 5.91 Å². The van der Waals surface area contributed by atoms with Gasteiger partial charge in [-0.25, -0.2) is 0 Å². The fraction of sp³-hybridized carbons (Fsp3) is 0.438. The van der Waals surface area contributed by atoms with E-state index in [0.717, 1.165) is 25.7 Å². The maximum Gasteiger partial charge on any atom is 0.223 e. The van der Waals surface area contributed by atoms with Crippen LogP contribution in [0.15, 0.2) is 45.8 Å². The van der Waals surface area contributed by atoms with Crippen molar-refractivity contribution in [1.29, 1.82) is 0 Å². The molecule has 1 saturated carbocycles. The quantitative estimate of drug-likeness (QED) is 0.886. The Morgan fingerprint density at radius 3 is 2.76 bits per heavy atom. The Kier molecular flexibility index (Phi) is 3.84. The molecular formula is C16H19NO4. The third kappa shape index (κ3) is 2.74. The third-order valence-corrected chi connectivity index (χ3v) is 4.17. The second-order valence-electron chi connectivity index (χ2n) is 5.55. The van der Waals surface area contributed by atoms with Crippen molar-refractivity contribution in [3.63, 3.8) is 0 Å². The molecule has 2 N–H and O–H groups in total. The number of carbonyl (C=O) groups excluding carboxylic acids is 1. The van der Waals surface area contributed by atoms with E-state index in [4.69, 9.17) is 8.83 Å². The highest BCUT2D eigenvalue weighted by atomic mass is 16.4. The van der Waals surface area contributed by atoms with Crippen molar-refractivity contribution in [3.05, 3.63) is 48.3 Å². The van der Waals surface area contributed by atoms with E-state index < -0.39 is 5.60 Å². The van der Waals surface area contributed by atoms with Crippen LogP contribution in [0.5, 0.6) is 0 Å². The van der Waals surface area contributed by atoms with Crippen LogP contribution >= 0.6 is 0 Å². The van der Waals surface area contributed by atoms with Gasteiger partial charge in [-0.05, 0) is 31.0 Å². The molecule has 0 bridgehead atoms. The van der Waals surface area contributed by atoms with Gasteiger partial charge in [0.15, 0.2) is 5.60 Å². The number of nitrogens with one attached hydrogen (secondary N) is 1. The van der Waals surface area contributed by atoms with Crippen molar-refractivity contribution in [2.75, 3.05) is 6.54 Å². The molecule has 0 radical (unpaired) electrons. The fourth-order valence-corrected chi connectivity index (χ4v) is 2.89. The molecule has 1 amide bonds. The van der Waals surface area contributed by atoms with Crippen molar-refractivity contribution in [2.45, 2.75) is 31.3 Å². The van der Waals surface area contributed by atoms with Gasteiger partial charge in [-0.3, -0.25) is 4.79 Å². The molecule has 2 aromatic rings. The molecular weight excluding hydrogens is 270 g/mol. The van der Waals surface area contributed by atoms with E-state index in [1.165, 1.54) is 18.8 Å². The first kappa shape index (κ1) is 13.9. The Morgan fingerprint density at radius 2 is 2.14 bits per heavy atom. The lowest BCUT2D eigenvalue weighted by Crippen LogP contribution is -2.43. The Bertz CT molecular complexity index is 533. The molecule has 5 heteroatoms. The standard InChI is InChI=1S/C16H19NO4/c18-15(12-4-1-2-5-12)17-11-16(19,13-7-9-20-10-13)14-6-3-8-21-14/h3,6-10,12,19H,1-2,4-5,11H2,(H,17,18). The summed E-state index contributed by atoms with van der Waals surface area (Å²) in [7, 11) is 0. The summed E-state index contributed by atoms with van der Waals surface area (Å²) in [6.07, 6.45) is 8.50. The normalized spacial score (nSPS) is 18.5. The van der Waals surface area contributed by atoms with Gasteiger partial charge in [-0.2, -0.15) is 0 Å². The first-order chi connectivity index (χ1) is 10.2. The van der Waals surface area contributed by atoms with E-state index in [2.05, 4.69) is 5.32 Å². The van der Waals surface area contributed by atoms with Gasteiger partial charge in [0, 0.05) is 11.5 Å².